The fraction of sp³-hybridized carbons (Fsp3) is 0.129. The molecule has 0 fully saturated rings. The molecular formula is C31H26ClNO2. The van der Waals surface area contributed by atoms with Gasteiger partial charge < -0.3 is 9.30 Å². The number of carbonyl (C=O) groups is 1. The molecule has 174 valence electrons. The van der Waals surface area contributed by atoms with E-state index in [1.165, 1.54) is 29.5 Å². The summed E-state index contributed by atoms with van der Waals surface area (Å²) in [5, 5.41) is 1.86. The molecule has 0 saturated heterocycles. The van der Waals surface area contributed by atoms with Crippen LogP contribution in [0.25, 0.3) is 10.9 Å². The zero-order valence-electron chi connectivity index (χ0n) is 19.7. The number of hydrogen-bond acceptors (Lipinski definition) is 2. The van der Waals surface area contributed by atoms with E-state index >= 15 is 0 Å². The SMILES string of the molecule is COC(=O)c1ccc(Cc2c(C)n(C(c3ccccc3)c3ccccc3)c3ccc(Cl)cc23)cc1. The summed E-state index contributed by atoms with van der Waals surface area (Å²) in [6.07, 6.45) is 0.730. The van der Waals surface area contributed by atoms with Gasteiger partial charge in [0.15, 0.2) is 0 Å². The molecule has 1 heterocycles. The standard InChI is InChI=1S/C31H26ClNO2/c1-21-27(19-22-13-15-25(16-14-22)31(34)35-2)28-20-26(32)17-18-29(28)33(21)30(23-9-5-3-6-10-23)24-11-7-4-8-12-24/h3-18,20,30H,19H2,1-2H3. The van der Waals surface area contributed by atoms with Gasteiger partial charge in [-0.25, -0.2) is 4.79 Å². The summed E-state index contributed by atoms with van der Waals surface area (Å²) in [5.74, 6) is -0.329. The molecular weight excluding hydrogens is 454 g/mol. The van der Waals surface area contributed by atoms with Crippen LogP contribution in [0.1, 0.15) is 44.3 Å². The lowest BCUT2D eigenvalue weighted by Crippen LogP contribution is -2.14. The first-order chi connectivity index (χ1) is 17.1. The normalized spacial score (nSPS) is 11.2. The second-order valence-corrected chi connectivity index (χ2v) is 9.12. The molecule has 5 rings (SSSR count). The van der Waals surface area contributed by atoms with Crippen molar-refractivity contribution in [3.05, 3.63) is 142 Å². The van der Waals surface area contributed by atoms with Gasteiger partial charge in [0.2, 0.25) is 0 Å². The Morgan fingerprint density at radius 1 is 0.857 bits per heavy atom. The third-order valence-corrected chi connectivity index (χ3v) is 6.82. The molecule has 0 atom stereocenters. The lowest BCUT2D eigenvalue weighted by atomic mass is 9.98. The molecule has 3 nitrogen and oxygen atoms in total. The molecule has 1 aromatic heterocycles. The van der Waals surface area contributed by atoms with Crippen LogP contribution >= 0.6 is 11.6 Å². The maximum atomic E-state index is 11.9. The van der Waals surface area contributed by atoms with Gasteiger partial charge in [-0.3, -0.25) is 0 Å². The number of methoxy groups -OCH3 is 1. The van der Waals surface area contributed by atoms with Crippen molar-refractivity contribution in [3.63, 3.8) is 0 Å². The zero-order valence-corrected chi connectivity index (χ0v) is 20.5. The van der Waals surface area contributed by atoms with Crippen LogP contribution in [-0.2, 0) is 11.2 Å². The number of esters is 1. The number of carbonyl (C=O) groups excluding carboxylic acids is 1. The lowest BCUT2D eigenvalue weighted by molar-refractivity contribution is 0.0600. The molecule has 0 N–H and O–H groups in total. The molecule has 0 aliphatic rings. The van der Waals surface area contributed by atoms with E-state index in [0.717, 1.165) is 22.9 Å². The third kappa shape index (κ3) is 4.48. The van der Waals surface area contributed by atoms with Crippen LogP contribution in [0.4, 0.5) is 0 Å². The van der Waals surface area contributed by atoms with Crippen LogP contribution in [-0.4, -0.2) is 17.6 Å². The molecule has 0 saturated carbocycles. The highest BCUT2D eigenvalue weighted by Gasteiger charge is 2.23. The number of aromatic nitrogens is 1. The van der Waals surface area contributed by atoms with Gasteiger partial charge in [-0.05, 0) is 65.9 Å². The first-order valence-corrected chi connectivity index (χ1v) is 12.0. The fourth-order valence-electron chi connectivity index (χ4n) is 4.88. The van der Waals surface area contributed by atoms with Gasteiger partial charge in [0.1, 0.15) is 0 Å². The van der Waals surface area contributed by atoms with E-state index < -0.39 is 0 Å². The Hall–Kier alpha value is -3.82. The molecule has 0 aliphatic heterocycles. The second kappa shape index (κ2) is 9.81. The third-order valence-electron chi connectivity index (χ3n) is 6.59. The number of hydrogen-bond donors (Lipinski definition) is 0. The Morgan fingerprint density at radius 3 is 2.03 bits per heavy atom. The maximum absolute atomic E-state index is 11.9. The minimum absolute atomic E-state index is 0.0246. The maximum Gasteiger partial charge on any atom is 0.337 e. The summed E-state index contributed by atoms with van der Waals surface area (Å²) in [4.78, 5) is 11.9. The zero-order chi connectivity index (χ0) is 24.4. The number of halogens is 1. The predicted molar refractivity (Wildman–Crippen MR) is 142 cm³/mol. The predicted octanol–water partition coefficient (Wildman–Crippen LogP) is 7.62. The Balaban J connectivity index is 1.68. The average Bonchev–Trinajstić information content (AvgIpc) is 3.16. The molecule has 5 aromatic rings. The summed E-state index contributed by atoms with van der Waals surface area (Å²) in [7, 11) is 1.40. The molecule has 35 heavy (non-hydrogen) atoms. The van der Waals surface area contributed by atoms with E-state index in [2.05, 4.69) is 84.3 Å². The number of rotatable bonds is 6. The summed E-state index contributed by atoms with van der Waals surface area (Å²) < 4.78 is 7.27. The van der Waals surface area contributed by atoms with Crippen molar-refractivity contribution in [1.82, 2.24) is 4.57 Å². The highest BCUT2D eigenvalue weighted by molar-refractivity contribution is 6.31. The van der Waals surface area contributed by atoms with Crippen LogP contribution in [0.2, 0.25) is 5.02 Å². The van der Waals surface area contributed by atoms with Crippen molar-refractivity contribution in [2.24, 2.45) is 0 Å². The van der Waals surface area contributed by atoms with E-state index in [1.807, 2.05) is 30.3 Å². The van der Waals surface area contributed by atoms with E-state index in [4.69, 9.17) is 16.3 Å². The van der Waals surface area contributed by atoms with Crippen LogP contribution in [0.5, 0.6) is 0 Å². The molecule has 0 radical (unpaired) electrons. The van der Waals surface area contributed by atoms with Gasteiger partial charge in [0, 0.05) is 21.6 Å². The molecule has 0 spiro atoms. The van der Waals surface area contributed by atoms with Gasteiger partial charge >= 0.3 is 5.97 Å². The molecule has 4 aromatic carbocycles. The first-order valence-electron chi connectivity index (χ1n) is 11.6. The van der Waals surface area contributed by atoms with Gasteiger partial charge in [-0.15, -0.1) is 0 Å². The Morgan fingerprint density at radius 2 is 1.46 bits per heavy atom. The lowest BCUT2D eigenvalue weighted by Gasteiger charge is -2.23. The van der Waals surface area contributed by atoms with Crippen molar-refractivity contribution >= 4 is 28.5 Å². The van der Waals surface area contributed by atoms with E-state index in [0.29, 0.717) is 10.6 Å². The molecule has 0 aliphatic carbocycles. The van der Waals surface area contributed by atoms with E-state index in [-0.39, 0.29) is 12.0 Å². The molecule has 0 amide bonds. The van der Waals surface area contributed by atoms with Crippen LogP contribution in [0, 0.1) is 6.92 Å². The van der Waals surface area contributed by atoms with Crippen molar-refractivity contribution in [3.8, 4) is 0 Å². The van der Waals surface area contributed by atoms with Gasteiger partial charge in [0.05, 0.1) is 18.7 Å². The number of nitrogens with zero attached hydrogens (tertiary/aromatic N) is 1. The van der Waals surface area contributed by atoms with Gasteiger partial charge in [-0.2, -0.15) is 0 Å². The van der Waals surface area contributed by atoms with Crippen LogP contribution in [0.3, 0.4) is 0 Å². The number of fused-ring (bicyclic) bond motifs is 1. The quantitative estimate of drug-likeness (QED) is 0.234. The van der Waals surface area contributed by atoms with Crippen molar-refractivity contribution in [2.75, 3.05) is 7.11 Å². The van der Waals surface area contributed by atoms with Crippen LogP contribution < -0.4 is 0 Å². The van der Waals surface area contributed by atoms with Crippen molar-refractivity contribution in [2.45, 2.75) is 19.4 Å². The summed E-state index contributed by atoms with van der Waals surface area (Å²) in [6.45, 7) is 2.19. The largest absolute Gasteiger partial charge is 0.465 e. The molecule has 0 unspecified atom stereocenters. The summed E-state index contributed by atoms with van der Waals surface area (Å²) >= 11 is 6.48. The highest BCUT2D eigenvalue weighted by atomic mass is 35.5. The monoisotopic (exact) mass is 479 g/mol. The highest BCUT2D eigenvalue weighted by Crippen LogP contribution is 2.37. The van der Waals surface area contributed by atoms with Crippen LogP contribution in [0.15, 0.2) is 103 Å². The Kier molecular flexibility index (Phi) is 6.43. The Bertz CT molecular complexity index is 1430. The van der Waals surface area contributed by atoms with Gasteiger partial charge in [-0.1, -0.05) is 84.4 Å². The number of benzene rings is 4. The smallest absolute Gasteiger partial charge is 0.337 e. The minimum Gasteiger partial charge on any atom is -0.465 e. The van der Waals surface area contributed by atoms with E-state index in [9.17, 15) is 4.79 Å². The minimum atomic E-state index is -0.329. The fourth-order valence-corrected chi connectivity index (χ4v) is 5.05. The number of ether oxygens (including phenoxy) is 1. The summed E-state index contributed by atoms with van der Waals surface area (Å²) in [5.41, 5.74) is 7.68. The van der Waals surface area contributed by atoms with Crippen molar-refractivity contribution < 1.29 is 9.53 Å². The van der Waals surface area contributed by atoms with Gasteiger partial charge in [0.25, 0.3) is 0 Å². The second-order valence-electron chi connectivity index (χ2n) is 8.68. The summed E-state index contributed by atoms with van der Waals surface area (Å²) in [6, 6.07) is 35.0. The topological polar surface area (TPSA) is 31.2 Å². The first kappa shape index (κ1) is 22.9. The Labute approximate surface area is 210 Å². The molecule has 0 bridgehead atoms. The van der Waals surface area contributed by atoms with Crippen molar-refractivity contribution in [1.29, 1.82) is 0 Å². The average molecular weight is 480 g/mol. The van der Waals surface area contributed by atoms with E-state index in [1.54, 1.807) is 0 Å². The molecule has 4 heteroatoms.